The fourth-order valence-electron chi connectivity index (χ4n) is 2.60. The Morgan fingerprint density at radius 1 is 1.14 bits per heavy atom. The molecule has 2 rings (SSSR count). The molecule has 2 unspecified atom stereocenters. The lowest BCUT2D eigenvalue weighted by Gasteiger charge is -2.21. The minimum absolute atomic E-state index is 0.00557. The van der Waals surface area contributed by atoms with Crippen molar-refractivity contribution in [3.63, 3.8) is 0 Å². The monoisotopic (exact) mass is 397 g/mol. The van der Waals surface area contributed by atoms with Crippen LogP contribution in [-0.4, -0.2) is 29.0 Å². The molecule has 0 heterocycles. The highest BCUT2D eigenvalue weighted by Gasteiger charge is 2.32. The van der Waals surface area contributed by atoms with Crippen molar-refractivity contribution >= 4 is 6.09 Å². The Kier molecular flexibility index (Phi) is 7.42. The van der Waals surface area contributed by atoms with Gasteiger partial charge in [0.15, 0.2) is 0 Å². The molecule has 0 saturated carbocycles. The number of nitrogens with one attached hydrogen (secondary N) is 1. The van der Waals surface area contributed by atoms with Crippen LogP contribution < -0.4 is 5.32 Å². The number of aliphatic hydroxyl groups excluding tert-OH is 2. The Morgan fingerprint density at radius 2 is 1.82 bits per heavy atom. The molecule has 2 atom stereocenters. The predicted octanol–water partition coefficient (Wildman–Crippen LogP) is 3.72. The van der Waals surface area contributed by atoms with Crippen LogP contribution in [-0.2, 0) is 17.5 Å². The van der Waals surface area contributed by atoms with Crippen molar-refractivity contribution in [2.24, 2.45) is 0 Å². The number of alkyl halides is 3. The zero-order chi connectivity index (χ0) is 20.7. The number of aliphatic hydroxyl groups is 2. The number of alkyl carbamates (subject to hydrolysis) is 1. The van der Waals surface area contributed by atoms with Crippen LogP contribution in [0, 0.1) is 6.92 Å². The number of carbonyl (C=O) groups is 1. The lowest BCUT2D eigenvalue weighted by molar-refractivity contribution is -0.137. The molecule has 28 heavy (non-hydrogen) atoms. The first-order valence-electron chi connectivity index (χ1n) is 8.67. The second kappa shape index (κ2) is 9.57. The summed E-state index contributed by atoms with van der Waals surface area (Å²) in [5, 5.41) is 22.7. The maximum atomic E-state index is 12.8. The summed E-state index contributed by atoms with van der Waals surface area (Å²) in [5.41, 5.74) is 0.332. The molecule has 2 aromatic carbocycles. The van der Waals surface area contributed by atoms with Gasteiger partial charge in [-0.25, -0.2) is 4.79 Å². The van der Waals surface area contributed by atoms with E-state index in [1.165, 1.54) is 6.07 Å². The zero-order valence-electron chi connectivity index (χ0n) is 15.2. The number of rotatable bonds is 7. The molecular weight excluding hydrogens is 375 g/mol. The molecule has 0 saturated heterocycles. The summed E-state index contributed by atoms with van der Waals surface area (Å²) >= 11 is 0. The summed E-state index contributed by atoms with van der Waals surface area (Å²) in [6.45, 7) is 1.62. The van der Waals surface area contributed by atoms with Crippen molar-refractivity contribution < 1.29 is 32.9 Å². The number of amides is 1. The first kappa shape index (κ1) is 21.7. The highest BCUT2D eigenvalue weighted by Crippen LogP contribution is 2.33. The van der Waals surface area contributed by atoms with E-state index >= 15 is 0 Å². The molecule has 8 heteroatoms. The summed E-state index contributed by atoms with van der Waals surface area (Å²) in [5.74, 6) is 0. The van der Waals surface area contributed by atoms with Crippen LogP contribution >= 0.6 is 0 Å². The van der Waals surface area contributed by atoms with Crippen molar-refractivity contribution in [3.8, 4) is 0 Å². The normalized spacial score (nSPS) is 13.6. The van der Waals surface area contributed by atoms with E-state index in [1.54, 1.807) is 19.1 Å². The van der Waals surface area contributed by atoms with E-state index in [0.717, 1.165) is 17.7 Å². The molecule has 0 fully saturated rings. The summed E-state index contributed by atoms with van der Waals surface area (Å²) in [6, 6.07) is 12.0. The molecule has 0 bridgehead atoms. The van der Waals surface area contributed by atoms with Crippen LogP contribution in [0.3, 0.4) is 0 Å². The van der Waals surface area contributed by atoms with Gasteiger partial charge in [0.05, 0.1) is 11.7 Å². The van der Waals surface area contributed by atoms with Gasteiger partial charge in [0.2, 0.25) is 0 Å². The third kappa shape index (κ3) is 6.24. The van der Waals surface area contributed by atoms with Crippen molar-refractivity contribution in [2.75, 3.05) is 6.54 Å². The van der Waals surface area contributed by atoms with Crippen LogP contribution in [0.15, 0.2) is 48.5 Å². The van der Waals surface area contributed by atoms with Crippen LogP contribution in [0.1, 0.15) is 34.8 Å². The van der Waals surface area contributed by atoms with Gasteiger partial charge in [-0.2, -0.15) is 13.2 Å². The number of hydrogen-bond donors (Lipinski definition) is 3. The maximum Gasteiger partial charge on any atom is 0.416 e. The average molecular weight is 397 g/mol. The summed E-state index contributed by atoms with van der Waals surface area (Å²) in [7, 11) is 0. The third-order valence-electron chi connectivity index (χ3n) is 4.21. The Labute approximate surface area is 160 Å². The summed E-state index contributed by atoms with van der Waals surface area (Å²) in [4.78, 5) is 11.6. The van der Waals surface area contributed by atoms with Crippen molar-refractivity contribution in [1.82, 2.24) is 5.32 Å². The van der Waals surface area contributed by atoms with Crippen LogP contribution in [0.5, 0.6) is 0 Å². The van der Waals surface area contributed by atoms with E-state index in [9.17, 15) is 28.2 Å². The first-order chi connectivity index (χ1) is 13.2. The van der Waals surface area contributed by atoms with Gasteiger partial charge in [-0.05, 0) is 42.2 Å². The SMILES string of the molecule is Cc1ccc(C(F)(F)F)cc1C(O)C(O)CCNC(=O)OCc1ccccc1. The number of hydrogen-bond acceptors (Lipinski definition) is 4. The molecular formula is C20H22F3NO4. The minimum atomic E-state index is -4.54. The van der Waals surface area contributed by atoms with Gasteiger partial charge in [-0.3, -0.25) is 0 Å². The number of ether oxygens (including phenoxy) is 1. The van der Waals surface area contributed by atoms with E-state index in [-0.39, 0.29) is 25.1 Å². The van der Waals surface area contributed by atoms with Crippen LogP contribution in [0.2, 0.25) is 0 Å². The Morgan fingerprint density at radius 3 is 2.46 bits per heavy atom. The lowest BCUT2D eigenvalue weighted by Crippen LogP contribution is -2.30. The standard InChI is InChI=1S/C20H22F3NO4/c1-13-7-8-15(20(21,22)23)11-16(13)18(26)17(25)9-10-24-19(27)28-12-14-5-3-2-4-6-14/h2-8,11,17-18,25-26H,9-10,12H2,1H3,(H,24,27). The van der Waals surface area contributed by atoms with Crippen LogP contribution in [0.4, 0.5) is 18.0 Å². The second-order valence-electron chi connectivity index (χ2n) is 6.36. The molecule has 0 aromatic heterocycles. The smallest absolute Gasteiger partial charge is 0.416 e. The van der Waals surface area contributed by atoms with E-state index in [1.807, 2.05) is 18.2 Å². The highest BCUT2D eigenvalue weighted by molar-refractivity contribution is 5.67. The predicted molar refractivity (Wildman–Crippen MR) is 96.4 cm³/mol. The molecule has 0 aliphatic heterocycles. The van der Waals surface area contributed by atoms with Crippen molar-refractivity contribution in [3.05, 3.63) is 70.8 Å². The highest BCUT2D eigenvalue weighted by atomic mass is 19.4. The van der Waals surface area contributed by atoms with Gasteiger partial charge in [-0.1, -0.05) is 36.4 Å². The molecule has 2 aromatic rings. The topological polar surface area (TPSA) is 78.8 Å². The molecule has 0 aliphatic carbocycles. The van der Waals surface area contributed by atoms with E-state index in [0.29, 0.717) is 5.56 Å². The Bertz CT molecular complexity index is 781. The van der Waals surface area contributed by atoms with Gasteiger partial charge >= 0.3 is 12.3 Å². The number of benzene rings is 2. The van der Waals surface area contributed by atoms with E-state index < -0.39 is 30.0 Å². The zero-order valence-corrected chi connectivity index (χ0v) is 15.2. The summed E-state index contributed by atoms with van der Waals surface area (Å²) < 4.78 is 43.5. The molecule has 152 valence electrons. The minimum Gasteiger partial charge on any atom is -0.445 e. The third-order valence-corrected chi connectivity index (χ3v) is 4.21. The van der Waals surface area contributed by atoms with Gasteiger partial charge in [0.25, 0.3) is 0 Å². The molecule has 0 spiro atoms. The Balaban J connectivity index is 1.84. The Hall–Kier alpha value is -2.58. The fraction of sp³-hybridized carbons (Fsp3) is 0.350. The van der Waals surface area contributed by atoms with E-state index in [2.05, 4.69) is 5.32 Å². The quantitative estimate of drug-likeness (QED) is 0.665. The number of aryl methyl sites for hydroxylation is 1. The maximum absolute atomic E-state index is 12.8. The van der Waals surface area contributed by atoms with Crippen LogP contribution in [0.25, 0.3) is 0 Å². The van der Waals surface area contributed by atoms with Crippen molar-refractivity contribution in [2.45, 2.75) is 38.3 Å². The fourth-order valence-corrected chi connectivity index (χ4v) is 2.60. The average Bonchev–Trinajstić information content (AvgIpc) is 2.66. The molecule has 0 aliphatic rings. The lowest BCUT2D eigenvalue weighted by atomic mass is 9.95. The van der Waals surface area contributed by atoms with Gasteiger partial charge < -0.3 is 20.3 Å². The van der Waals surface area contributed by atoms with Gasteiger partial charge in [0.1, 0.15) is 12.7 Å². The molecule has 5 nitrogen and oxygen atoms in total. The molecule has 1 amide bonds. The summed E-state index contributed by atoms with van der Waals surface area (Å²) in [6.07, 6.45) is -8.16. The largest absolute Gasteiger partial charge is 0.445 e. The van der Waals surface area contributed by atoms with Gasteiger partial charge in [-0.15, -0.1) is 0 Å². The van der Waals surface area contributed by atoms with E-state index in [4.69, 9.17) is 4.74 Å². The molecule has 0 radical (unpaired) electrons. The number of halogens is 3. The van der Waals surface area contributed by atoms with Crippen molar-refractivity contribution in [1.29, 1.82) is 0 Å². The first-order valence-corrected chi connectivity index (χ1v) is 8.67. The second-order valence-corrected chi connectivity index (χ2v) is 6.36. The number of carbonyl (C=O) groups excluding carboxylic acids is 1. The van der Waals surface area contributed by atoms with Gasteiger partial charge in [0, 0.05) is 6.54 Å². The molecule has 3 N–H and O–H groups in total.